The van der Waals surface area contributed by atoms with Crippen LogP contribution in [-0.4, -0.2) is 8.42 Å². The Morgan fingerprint density at radius 1 is 1.20 bits per heavy atom. The molecule has 0 atom stereocenters. The molecule has 0 heterocycles. The van der Waals surface area contributed by atoms with Gasteiger partial charge in [0.1, 0.15) is 10.7 Å². The fourth-order valence-electron chi connectivity index (χ4n) is 1.61. The molecule has 0 aliphatic carbocycles. The Kier molecular flexibility index (Phi) is 3.87. The number of hydrogen-bond acceptors (Lipinski definition) is 3. The monoisotopic (exact) mass is 314 g/mol. The van der Waals surface area contributed by atoms with Gasteiger partial charge in [-0.1, -0.05) is 17.7 Å². The fraction of sp³-hybridized carbons (Fsp3) is 0.0769. The van der Waals surface area contributed by atoms with Gasteiger partial charge in [0.15, 0.2) is 0 Å². The lowest BCUT2D eigenvalue weighted by Crippen LogP contribution is -2.15. The molecule has 0 unspecified atom stereocenters. The third-order valence-corrected chi connectivity index (χ3v) is 4.36. The number of aryl methyl sites for hydroxylation is 1. The summed E-state index contributed by atoms with van der Waals surface area (Å²) in [5.41, 5.74) is 6.24. The lowest BCUT2D eigenvalue weighted by molar-refractivity contribution is 0.601. The van der Waals surface area contributed by atoms with Gasteiger partial charge in [0.05, 0.1) is 11.4 Å². The molecule has 0 aliphatic heterocycles. The van der Waals surface area contributed by atoms with Gasteiger partial charge in [-0.05, 0) is 42.8 Å². The number of benzene rings is 2. The molecule has 0 aromatic heterocycles. The zero-order chi connectivity index (χ0) is 14.9. The second-order valence-corrected chi connectivity index (χ2v) is 6.34. The Balaban J connectivity index is 2.40. The average Bonchev–Trinajstić information content (AvgIpc) is 2.36. The first-order chi connectivity index (χ1) is 9.29. The van der Waals surface area contributed by atoms with Crippen molar-refractivity contribution >= 4 is 33.0 Å². The molecule has 4 nitrogen and oxygen atoms in total. The van der Waals surface area contributed by atoms with Crippen molar-refractivity contribution in [3.63, 3.8) is 0 Å². The smallest absolute Gasteiger partial charge is 0.263 e. The Morgan fingerprint density at radius 3 is 2.55 bits per heavy atom. The first-order valence-electron chi connectivity index (χ1n) is 5.63. The Hall–Kier alpha value is -1.79. The van der Waals surface area contributed by atoms with Crippen LogP contribution in [0.3, 0.4) is 0 Å². The van der Waals surface area contributed by atoms with Crippen LogP contribution in [0.2, 0.25) is 5.02 Å². The van der Waals surface area contributed by atoms with E-state index in [-0.39, 0.29) is 21.3 Å². The van der Waals surface area contributed by atoms with Crippen LogP contribution in [-0.2, 0) is 10.0 Å². The van der Waals surface area contributed by atoms with Gasteiger partial charge in [-0.3, -0.25) is 4.72 Å². The number of anilines is 2. The van der Waals surface area contributed by atoms with E-state index in [1.807, 2.05) is 0 Å². The molecule has 0 radical (unpaired) electrons. The Labute approximate surface area is 121 Å². The van der Waals surface area contributed by atoms with Crippen LogP contribution in [0.15, 0.2) is 41.3 Å². The maximum Gasteiger partial charge on any atom is 0.263 e. The topological polar surface area (TPSA) is 72.2 Å². The van der Waals surface area contributed by atoms with Crippen molar-refractivity contribution < 1.29 is 12.8 Å². The number of hydrogen-bond donors (Lipinski definition) is 2. The highest BCUT2D eigenvalue weighted by molar-refractivity contribution is 7.92. The Morgan fingerprint density at radius 2 is 1.90 bits per heavy atom. The van der Waals surface area contributed by atoms with Crippen LogP contribution in [0.25, 0.3) is 0 Å². The van der Waals surface area contributed by atoms with Crippen LogP contribution < -0.4 is 10.5 Å². The minimum absolute atomic E-state index is 0.0643. The minimum atomic E-state index is -3.92. The number of halogens is 2. The third-order valence-electron chi connectivity index (χ3n) is 2.69. The molecule has 0 spiro atoms. The molecule has 2 aromatic carbocycles. The zero-order valence-corrected chi connectivity index (χ0v) is 12.1. The van der Waals surface area contributed by atoms with E-state index in [1.54, 1.807) is 6.92 Å². The zero-order valence-electron chi connectivity index (χ0n) is 10.5. The molecule has 0 saturated carbocycles. The van der Waals surface area contributed by atoms with E-state index in [1.165, 1.54) is 30.3 Å². The minimum Gasteiger partial charge on any atom is -0.398 e. The summed E-state index contributed by atoms with van der Waals surface area (Å²) in [5.74, 6) is -0.496. The predicted octanol–water partition coefficient (Wildman–Crippen LogP) is 3.17. The first-order valence-corrected chi connectivity index (χ1v) is 7.50. The second-order valence-electron chi connectivity index (χ2n) is 4.25. The molecule has 2 aromatic rings. The molecule has 7 heteroatoms. The fourth-order valence-corrected chi connectivity index (χ4v) is 3.05. The summed E-state index contributed by atoms with van der Waals surface area (Å²) < 4.78 is 40.1. The van der Waals surface area contributed by atoms with Gasteiger partial charge in [-0.2, -0.15) is 0 Å². The van der Waals surface area contributed by atoms with E-state index in [9.17, 15) is 12.8 Å². The molecular formula is C13H12ClFN2O2S. The van der Waals surface area contributed by atoms with E-state index >= 15 is 0 Å². The standard InChI is InChI=1S/C13H12ClFN2O2S/c1-8-2-4-10(7-11(8)15)17-20(18,19)13-6-9(14)3-5-12(13)16/h2-7,17H,16H2,1H3. The van der Waals surface area contributed by atoms with E-state index in [4.69, 9.17) is 17.3 Å². The highest BCUT2D eigenvalue weighted by Gasteiger charge is 2.18. The summed E-state index contributed by atoms with van der Waals surface area (Å²) in [5, 5.41) is 0.245. The predicted molar refractivity (Wildman–Crippen MR) is 77.8 cm³/mol. The molecule has 0 amide bonds. The summed E-state index contributed by atoms with van der Waals surface area (Å²) in [6.07, 6.45) is 0. The van der Waals surface area contributed by atoms with Crippen LogP contribution >= 0.6 is 11.6 Å². The van der Waals surface area contributed by atoms with Crippen molar-refractivity contribution in [1.29, 1.82) is 0 Å². The lowest BCUT2D eigenvalue weighted by Gasteiger charge is -2.11. The number of nitrogens with two attached hydrogens (primary N) is 1. The second kappa shape index (κ2) is 5.30. The summed E-state index contributed by atoms with van der Waals surface area (Å²) in [6, 6.07) is 8.18. The van der Waals surface area contributed by atoms with Gasteiger partial charge in [-0.15, -0.1) is 0 Å². The van der Waals surface area contributed by atoms with E-state index in [2.05, 4.69) is 4.72 Å². The number of nitrogens with one attached hydrogen (secondary N) is 1. The maximum atomic E-state index is 13.4. The van der Waals surface area contributed by atoms with Crippen LogP contribution in [0.5, 0.6) is 0 Å². The molecule has 20 heavy (non-hydrogen) atoms. The summed E-state index contributed by atoms with van der Waals surface area (Å²) in [4.78, 5) is -0.147. The van der Waals surface area contributed by atoms with Crippen molar-refractivity contribution in [3.8, 4) is 0 Å². The number of sulfonamides is 1. The molecule has 0 aliphatic rings. The van der Waals surface area contributed by atoms with Crippen molar-refractivity contribution in [3.05, 3.63) is 52.8 Å². The first kappa shape index (κ1) is 14.6. The van der Waals surface area contributed by atoms with Gasteiger partial charge < -0.3 is 5.73 Å². The summed E-state index contributed by atoms with van der Waals surface area (Å²) >= 11 is 5.76. The van der Waals surface area contributed by atoms with Crippen LogP contribution in [0.4, 0.5) is 15.8 Å². The highest BCUT2D eigenvalue weighted by atomic mass is 35.5. The van der Waals surface area contributed by atoms with Gasteiger partial charge in [-0.25, -0.2) is 12.8 Å². The quantitative estimate of drug-likeness (QED) is 0.855. The molecule has 2 rings (SSSR count). The van der Waals surface area contributed by atoms with Crippen molar-refractivity contribution in [1.82, 2.24) is 0 Å². The molecule has 3 N–H and O–H groups in total. The van der Waals surface area contributed by atoms with Gasteiger partial charge >= 0.3 is 0 Å². The van der Waals surface area contributed by atoms with Crippen LogP contribution in [0, 0.1) is 12.7 Å². The van der Waals surface area contributed by atoms with E-state index in [0.29, 0.717) is 5.56 Å². The maximum absolute atomic E-state index is 13.4. The Bertz CT molecular complexity index is 763. The summed E-state index contributed by atoms with van der Waals surface area (Å²) in [7, 11) is -3.92. The molecule has 0 fully saturated rings. The SMILES string of the molecule is Cc1ccc(NS(=O)(=O)c2cc(Cl)ccc2N)cc1F. The molecular weight excluding hydrogens is 303 g/mol. The van der Waals surface area contributed by atoms with E-state index in [0.717, 1.165) is 6.07 Å². The van der Waals surface area contributed by atoms with Crippen molar-refractivity contribution in [2.75, 3.05) is 10.5 Å². The normalized spacial score (nSPS) is 11.3. The average molecular weight is 315 g/mol. The van der Waals surface area contributed by atoms with Gasteiger partial charge in [0.25, 0.3) is 10.0 Å². The van der Waals surface area contributed by atoms with Crippen LogP contribution in [0.1, 0.15) is 5.56 Å². The molecule has 106 valence electrons. The lowest BCUT2D eigenvalue weighted by atomic mass is 10.2. The van der Waals surface area contributed by atoms with Crippen molar-refractivity contribution in [2.24, 2.45) is 0 Å². The number of nitrogen functional groups attached to an aromatic ring is 1. The third kappa shape index (κ3) is 3.02. The molecule has 0 saturated heterocycles. The van der Waals surface area contributed by atoms with Crippen molar-refractivity contribution in [2.45, 2.75) is 11.8 Å². The van der Waals surface area contributed by atoms with Gasteiger partial charge in [0, 0.05) is 5.02 Å². The largest absolute Gasteiger partial charge is 0.398 e. The summed E-state index contributed by atoms with van der Waals surface area (Å²) in [6.45, 7) is 1.59. The molecule has 0 bridgehead atoms. The number of rotatable bonds is 3. The highest BCUT2D eigenvalue weighted by Crippen LogP contribution is 2.25. The van der Waals surface area contributed by atoms with E-state index < -0.39 is 15.8 Å². The van der Waals surface area contributed by atoms with Gasteiger partial charge in [0.2, 0.25) is 0 Å².